The summed E-state index contributed by atoms with van der Waals surface area (Å²) >= 11 is 0. The predicted octanol–water partition coefficient (Wildman–Crippen LogP) is 5.28. The molecule has 0 bridgehead atoms. The van der Waals surface area contributed by atoms with Gasteiger partial charge in [0.25, 0.3) is 0 Å². The molecule has 1 unspecified atom stereocenters. The predicted molar refractivity (Wildman–Crippen MR) is 83.3 cm³/mol. The van der Waals surface area contributed by atoms with Gasteiger partial charge in [0.2, 0.25) is 0 Å². The minimum atomic E-state index is -0.694. The number of benzene rings is 1. The molecule has 0 aliphatic heterocycles. The highest BCUT2D eigenvalue weighted by atomic mass is 19.2. The average Bonchev–Trinajstić information content (AvgIpc) is 2.97. The second-order valence-corrected chi connectivity index (χ2v) is 6.41. The van der Waals surface area contributed by atoms with Crippen LogP contribution in [-0.2, 0) is 0 Å². The molecule has 1 N–H and O–H groups in total. The van der Waals surface area contributed by atoms with E-state index in [9.17, 15) is 8.78 Å². The maximum Gasteiger partial charge on any atom is 0.163 e. The van der Waals surface area contributed by atoms with Crippen LogP contribution in [0.4, 0.5) is 8.78 Å². The minimum absolute atomic E-state index is 0.0672. The van der Waals surface area contributed by atoms with Crippen LogP contribution in [0.1, 0.15) is 69.5 Å². The van der Waals surface area contributed by atoms with Gasteiger partial charge in [0.1, 0.15) is 0 Å². The molecule has 1 saturated carbocycles. The summed E-state index contributed by atoms with van der Waals surface area (Å²) < 4.78 is 28.5. The van der Waals surface area contributed by atoms with Crippen molar-refractivity contribution in [3.63, 3.8) is 0 Å². The van der Waals surface area contributed by atoms with Crippen LogP contribution in [0.3, 0.4) is 0 Å². The van der Waals surface area contributed by atoms with Gasteiger partial charge in [-0.15, -0.1) is 0 Å². The lowest BCUT2D eigenvalue weighted by atomic mass is 9.73. The third-order valence-corrected chi connectivity index (χ3v) is 5.13. The lowest BCUT2D eigenvalue weighted by Gasteiger charge is -2.38. The van der Waals surface area contributed by atoms with Crippen LogP contribution in [0.15, 0.2) is 12.1 Å². The van der Waals surface area contributed by atoms with Crippen molar-refractivity contribution in [3.05, 3.63) is 34.9 Å². The van der Waals surface area contributed by atoms with Crippen LogP contribution < -0.4 is 5.32 Å². The van der Waals surface area contributed by atoms with Crippen LogP contribution in [0.5, 0.6) is 0 Å². The van der Waals surface area contributed by atoms with E-state index in [1.807, 2.05) is 0 Å². The van der Waals surface area contributed by atoms with Gasteiger partial charge >= 0.3 is 0 Å². The number of hydrogen-bond acceptors (Lipinski definition) is 1. The minimum Gasteiger partial charge on any atom is -0.309 e. The van der Waals surface area contributed by atoms with Gasteiger partial charge in [-0.25, -0.2) is 8.78 Å². The maximum atomic E-state index is 14.5. The Morgan fingerprint density at radius 3 is 2.38 bits per heavy atom. The summed E-state index contributed by atoms with van der Waals surface area (Å²) in [6, 6.07) is 3.39. The molecule has 21 heavy (non-hydrogen) atoms. The summed E-state index contributed by atoms with van der Waals surface area (Å²) in [5, 5.41) is 3.50. The molecule has 118 valence electrons. The molecule has 0 amide bonds. The highest BCUT2D eigenvalue weighted by molar-refractivity contribution is 5.29. The first kappa shape index (κ1) is 16.4. The molecule has 0 aromatic heterocycles. The van der Waals surface area contributed by atoms with Crippen molar-refractivity contribution in [1.82, 2.24) is 5.32 Å². The third-order valence-electron chi connectivity index (χ3n) is 5.13. The van der Waals surface area contributed by atoms with Crippen molar-refractivity contribution >= 4 is 0 Å². The number of nitrogens with one attached hydrogen (secondary N) is 1. The fraction of sp³-hybridized carbons (Fsp3) is 0.667. The molecule has 1 aromatic rings. The molecule has 1 aliphatic rings. The highest BCUT2D eigenvalue weighted by Crippen LogP contribution is 2.50. The fourth-order valence-electron chi connectivity index (χ4n) is 3.75. The molecule has 3 heteroatoms. The van der Waals surface area contributed by atoms with E-state index in [0.29, 0.717) is 11.1 Å². The number of aryl methyl sites for hydroxylation is 1. The Hall–Kier alpha value is -0.960. The zero-order valence-electron chi connectivity index (χ0n) is 13.4. The molecule has 1 aromatic carbocycles. The Balaban J connectivity index is 2.42. The van der Waals surface area contributed by atoms with E-state index in [2.05, 4.69) is 19.2 Å². The first-order valence-electron chi connectivity index (χ1n) is 8.23. The van der Waals surface area contributed by atoms with Gasteiger partial charge in [-0.05, 0) is 50.1 Å². The molecule has 2 rings (SSSR count). The van der Waals surface area contributed by atoms with Gasteiger partial charge in [-0.1, -0.05) is 38.8 Å². The van der Waals surface area contributed by atoms with Crippen molar-refractivity contribution in [2.45, 2.75) is 65.3 Å². The van der Waals surface area contributed by atoms with Crippen LogP contribution in [0.25, 0.3) is 0 Å². The number of rotatable bonds is 6. The molecule has 1 fully saturated rings. The van der Waals surface area contributed by atoms with E-state index in [1.165, 1.54) is 12.8 Å². The highest BCUT2D eigenvalue weighted by Gasteiger charge is 2.41. The quantitative estimate of drug-likeness (QED) is 0.752. The zero-order chi connectivity index (χ0) is 15.5. The second kappa shape index (κ2) is 6.87. The molecule has 1 atom stereocenters. The van der Waals surface area contributed by atoms with E-state index in [1.54, 1.807) is 19.1 Å². The molecule has 0 radical (unpaired) electrons. The third kappa shape index (κ3) is 3.13. The number of halogens is 2. The lowest BCUT2D eigenvalue weighted by molar-refractivity contribution is 0.182. The Morgan fingerprint density at radius 2 is 1.81 bits per heavy atom. The monoisotopic (exact) mass is 295 g/mol. The molecule has 1 nitrogen and oxygen atoms in total. The van der Waals surface area contributed by atoms with Crippen LogP contribution in [0, 0.1) is 24.0 Å². The van der Waals surface area contributed by atoms with Gasteiger partial charge < -0.3 is 5.32 Å². The van der Waals surface area contributed by atoms with Crippen molar-refractivity contribution < 1.29 is 8.78 Å². The van der Waals surface area contributed by atoms with E-state index >= 15 is 0 Å². The summed E-state index contributed by atoms with van der Waals surface area (Å²) in [6.07, 6.45) is 6.57. The van der Waals surface area contributed by atoms with Crippen LogP contribution in [-0.4, -0.2) is 6.54 Å². The molecule has 0 spiro atoms. The lowest BCUT2D eigenvalue weighted by Crippen LogP contribution is -2.37. The van der Waals surface area contributed by atoms with Gasteiger partial charge in [0, 0.05) is 11.6 Å². The summed E-state index contributed by atoms with van der Waals surface area (Å²) in [5.41, 5.74) is 0.954. The first-order chi connectivity index (χ1) is 10.1. The zero-order valence-corrected chi connectivity index (χ0v) is 13.4. The summed E-state index contributed by atoms with van der Waals surface area (Å²) in [5.74, 6) is -1.36. The molecule has 0 heterocycles. The largest absolute Gasteiger partial charge is 0.309 e. The first-order valence-corrected chi connectivity index (χ1v) is 8.23. The SMILES string of the molecule is CCCNC(c1ccc(C)c(F)c1F)C1(CC)CCCC1. The van der Waals surface area contributed by atoms with Crippen LogP contribution in [0.2, 0.25) is 0 Å². The Morgan fingerprint density at radius 1 is 1.14 bits per heavy atom. The molecule has 0 saturated heterocycles. The van der Waals surface area contributed by atoms with Crippen molar-refractivity contribution in [1.29, 1.82) is 0 Å². The van der Waals surface area contributed by atoms with Crippen molar-refractivity contribution in [3.8, 4) is 0 Å². The molecular formula is C18H27F2N. The standard InChI is InChI=1S/C18H27F2N/c1-4-12-21-17(18(5-2)10-6-7-11-18)14-9-8-13(3)15(19)16(14)20/h8-9,17,21H,4-7,10-12H2,1-3H3. The van der Waals surface area contributed by atoms with Gasteiger partial charge in [0.05, 0.1) is 0 Å². The van der Waals surface area contributed by atoms with Crippen LogP contribution >= 0.6 is 0 Å². The Bertz CT molecular complexity index is 478. The maximum absolute atomic E-state index is 14.5. The van der Waals surface area contributed by atoms with E-state index in [4.69, 9.17) is 0 Å². The van der Waals surface area contributed by atoms with Gasteiger partial charge in [-0.2, -0.15) is 0 Å². The molecule has 1 aliphatic carbocycles. The van der Waals surface area contributed by atoms with Crippen molar-refractivity contribution in [2.75, 3.05) is 6.54 Å². The molecular weight excluding hydrogens is 268 g/mol. The fourth-order valence-corrected chi connectivity index (χ4v) is 3.75. The average molecular weight is 295 g/mol. The van der Waals surface area contributed by atoms with Gasteiger partial charge in [0.15, 0.2) is 11.6 Å². The Kier molecular flexibility index (Phi) is 5.37. The topological polar surface area (TPSA) is 12.0 Å². The van der Waals surface area contributed by atoms with Crippen molar-refractivity contribution in [2.24, 2.45) is 5.41 Å². The Labute approximate surface area is 127 Å². The number of hydrogen-bond donors (Lipinski definition) is 1. The van der Waals surface area contributed by atoms with E-state index < -0.39 is 11.6 Å². The normalized spacial score (nSPS) is 18.9. The smallest absolute Gasteiger partial charge is 0.163 e. The van der Waals surface area contributed by atoms with E-state index in [-0.39, 0.29) is 11.5 Å². The second-order valence-electron chi connectivity index (χ2n) is 6.41. The van der Waals surface area contributed by atoms with E-state index in [0.717, 1.165) is 32.2 Å². The summed E-state index contributed by atoms with van der Waals surface area (Å²) in [4.78, 5) is 0. The summed E-state index contributed by atoms with van der Waals surface area (Å²) in [6.45, 7) is 6.72. The van der Waals surface area contributed by atoms with Gasteiger partial charge in [-0.3, -0.25) is 0 Å². The summed E-state index contributed by atoms with van der Waals surface area (Å²) in [7, 11) is 0.